The Bertz CT molecular complexity index is 744. The first-order valence-electron chi connectivity index (χ1n) is 13.5. The largest absolute Gasteiger partial charge is 0.469 e. The summed E-state index contributed by atoms with van der Waals surface area (Å²) in [5.41, 5.74) is 2.62. The first-order valence-corrected chi connectivity index (χ1v) is 15.0. The van der Waals surface area contributed by atoms with Crippen LogP contribution in [0.1, 0.15) is 135 Å². The second kappa shape index (κ2) is 16.5. The zero-order valence-corrected chi connectivity index (χ0v) is 22.6. The molecule has 1 atom stereocenters. The smallest absolute Gasteiger partial charge is 0.306 e. The lowest BCUT2D eigenvalue weighted by Gasteiger charge is -2.26. The molecular formula is C28H50O4S. The fraction of sp³-hybridized carbons (Fsp3) is 0.786. The van der Waals surface area contributed by atoms with Gasteiger partial charge < -0.3 is 4.74 Å². The molecule has 1 rings (SSSR count). The molecule has 0 bridgehead atoms. The standard InChI is InChI=1S/C28H50O4S/c1-5-8-10-12-14-16-18-20-25-22-23-27(32-28(4,7-3)33(29,30)31)24-26(25)21-19-17-15-13-11-9-6-2/h22-24H,5-21H2,1-4H3,(H,29,30,31). The summed E-state index contributed by atoms with van der Waals surface area (Å²) in [5, 5.41) is 0. The second-order valence-corrected chi connectivity index (χ2v) is 11.6. The molecule has 5 heteroatoms. The summed E-state index contributed by atoms with van der Waals surface area (Å²) in [4.78, 5) is -1.62. The molecule has 0 saturated carbocycles. The van der Waals surface area contributed by atoms with E-state index in [1.165, 1.54) is 102 Å². The third-order valence-electron chi connectivity index (χ3n) is 6.80. The van der Waals surface area contributed by atoms with Crippen molar-refractivity contribution < 1.29 is 17.7 Å². The zero-order chi connectivity index (χ0) is 24.6. The summed E-state index contributed by atoms with van der Waals surface area (Å²) >= 11 is 0. The summed E-state index contributed by atoms with van der Waals surface area (Å²) in [6.45, 7) is 7.64. The van der Waals surface area contributed by atoms with Gasteiger partial charge in [-0.1, -0.05) is 104 Å². The van der Waals surface area contributed by atoms with Crippen LogP contribution in [0.5, 0.6) is 5.75 Å². The van der Waals surface area contributed by atoms with Gasteiger partial charge in [0.15, 0.2) is 0 Å². The normalized spacial score (nSPS) is 13.7. The molecule has 0 aromatic heterocycles. The summed E-state index contributed by atoms with van der Waals surface area (Å²) in [6.07, 6.45) is 20.2. The van der Waals surface area contributed by atoms with E-state index in [0.717, 1.165) is 19.3 Å². The molecule has 0 fully saturated rings. The number of benzene rings is 1. The van der Waals surface area contributed by atoms with Crippen LogP contribution in [0.25, 0.3) is 0 Å². The molecule has 1 N–H and O–H groups in total. The Balaban J connectivity index is 2.76. The van der Waals surface area contributed by atoms with Crippen molar-refractivity contribution in [3.63, 3.8) is 0 Å². The lowest BCUT2D eigenvalue weighted by Crippen LogP contribution is -2.40. The molecule has 4 nitrogen and oxygen atoms in total. The molecule has 0 amide bonds. The van der Waals surface area contributed by atoms with Gasteiger partial charge in [-0.3, -0.25) is 4.55 Å². The second-order valence-electron chi connectivity index (χ2n) is 9.74. The molecule has 0 aliphatic rings. The van der Waals surface area contributed by atoms with E-state index < -0.39 is 15.1 Å². The van der Waals surface area contributed by atoms with Crippen LogP contribution in [0, 0.1) is 0 Å². The fourth-order valence-electron chi connectivity index (χ4n) is 4.24. The van der Waals surface area contributed by atoms with Gasteiger partial charge in [0, 0.05) is 6.42 Å². The van der Waals surface area contributed by atoms with Crippen LogP contribution < -0.4 is 4.74 Å². The van der Waals surface area contributed by atoms with Crippen LogP contribution in [-0.4, -0.2) is 17.9 Å². The summed E-state index contributed by atoms with van der Waals surface area (Å²) < 4.78 is 39.2. The number of aryl methyl sites for hydroxylation is 2. The molecule has 192 valence electrons. The van der Waals surface area contributed by atoms with Crippen molar-refractivity contribution in [3.8, 4) is 5.75 Å². The molecule has 33 heavy (non-hydrogen) atoms. The van der Waals surface area contributed by atoms with E-state index >= 15 is 0 Å². The molecule has 1 unspecified atom stereocenters. The monoisotopic (exact) mass is 482 g/mol. The maximum atomic E-state index is 11.9. The van der Waals surface area contributed by atoms with Crippen molar-refractivity contribution in [1.82, 2.24) is 0 Å². The molecule has 0 saturated heterocycles. The van der Waals surface area contributed by atoms with Gasteiger partial charge in [-0.25, -0.2) is 0 Å². The number of rotatable bonds is 20. The highest BCUT2D eigenvalue weighted by molar-refractivity contribution is 7.87. The van der Waals surface area contributed by atoms with Crippen molar-refractivity contribution in [2.45, 2.75) is 142 Å². The Morgan fingerprint density at radius 1 is 0.727 bits per heavy atom. The Hall–Kier alpha value is -1.07. The van der Waals surface area contributed by atoms with Crippen molar-refractivity contribution in [1.29, 1.82) is 0 Å². The third-order valence-corrected chi connectivity index (χ3v) is 8.26. The van der Waals surface area contributed by atoms with E-state index in [9.17, 15) is 13.0 Å². The number of unbranched alkanes of at least 4 members (excludes halogenated alkanes) is 12. The minimum Gasteiger partial charge on any atom is -0.469 e. The summed E-state index contributed by atoms with van der Waals surface area (Å²) in [5.74, 6) is 0.526. The van der Waals surface area contributed by atoms with Crippen molar-refractivity contribution in [3.05, 3.63) is 29.3 Å². The minimum atomic E-state index is -4.32. The van der Waals surface area contributed by atoms with Gasteiger partial charge in [0.1, 0.15) is 5.75 Å². The Labute approximate surface area is 204 Å². The molecule has 0 aliphatic heterocycles. The number of hydrogen-bond donors (Lipinski definition) is 1. The van der Waals surface area contributed by atoms with Crippen molar-refractivity contribution in [2.75, 3.05) is 0 Å². The minimum absolute atomic E-state index is 0.179. The Morgan fingerprint density at radius 3 is 1.64 bits per heavy atom. The number of ether oxygens (including phenoxy) is 1. The van der Waals surface area contributed by atoms with Gasteiger partial charge in [0.2, 0.25) is 4.93 Å². The van der Waals surface area contributed by atoms with Gasteiger partial charge in [0.05, 0.1) is 0 Å². The van der Waals surface area contributed by atoms with E-state index in [0.29, 0.717) is 5.75 Å². The van der Waals surface area contributed by atoms with Crippen LogP contribution in [0.15, 0.2) is 18.2 Å². The number of hydrogen-bond acceptors (Lipinski definition) is 3. The Morgan fingerprint density at radius 2 is 1.18 bits per heavy atom. The van der Waals surface area contributed by atoms with E-state index in [2.05, 4.69) is 19.9 Å². The average molecular weight is 483 g/mol. The third kappa shape index (κ3) is 11.8. The SMILES string of the molecule is CCCCCCCCCc1ccc(OC(C)(CC)S(=O)(=O)O)cc1CCCCCCCCC. The van der Waals surface area contributed by atoms with E-state index in [-0.39, 0.29) is 6.42 Å². The summed E-state index contributed by atoms with van der Waals surface area (Å²) in [6, 6.07) is 5.97. The maximum absolute atomic E-state index is 11.9. The van der Waals surface area contributed by atoms with Gasteiger partial charge in [-0.15, -0.1) is 0 Å². The highest BCUT2D eigenvalue weighted by Crippen LogP contribution is 2.29. The van der Waals surface area contributed by atoms with Crippen LogP contribution in [0.4, 0.5) is 0 Å². The zero-order valence-electron chi connectivity index (χ0n) is 21.8. The first-order chi connectivity index (χ1) is 15.8. The molecule has 0 aliphatic carbocycles. The van der Waals surface area contributed by atoms with Gasteiger partial charge >= 0.3 is 10.1 Å². The molecular weight excluding hydrogens is 432 g/mol. The van der Waals surface area contributed by atoms with Crippen LogP contribution in [-0.2, 0) is 23.0 Å². The highest BCUT2D eigenvalue weighted by Gasteiger charge is 2.38. The summed E-state index contributed by atoms with van der Waals surface area (Å²) in [7, 11) is -4.32. The maximum Gasteiger partial charge on any atom is 0.306 e. The average Bonchev–Trinajstić information content (AvgIpc) is 2.78. The molecule has 0 heterocycles. The van der Waals surface area contributed by atoms with Crippen LogP contribution >= 0.6 is 0 Å². The predicted molar refractivity (Wildman–Crippen MR) is 141 cm³/mol. The molecule has 0 spiro atoms. The van der Waals surface area contributed by atoms with Crippen molar-refractivity contribution in [2.24, 2.45) is 0 Å². The highest BCUT2D eigenvalue weighted by atomic mass is 32.2. The van der Waals surface area contributed by atoms with E-state index in [1.807, 2.05) is 12.1 Å². The Kier molecular flexibility index (Phi) is 15.0. The molecule has 0 radical (unpaired) electrons. The fourth-order valence-corrected chi connectivity index (χ4v) is 4.81. The van der Waals surface area contributed by atoms with E-state index in [4.69, 9.17) is 4.74 Å². The van der Waals surface area contributed by atoms with E-state index in [1.54, 1.807) is 6.92 Å². The van der Waals surface area contributed by atoms with Gasteiger partial charge in [-0.2, -0.15) is 8.42 Å². The lowest BCUT2D eigenvalue weighted by molar-refractivity contribution is 0.155. The van der Waals surface area contributed by atoms with Crippen LogP contribution in [0.3, 0.4) is 0 Å². The molecule has 1 aromatic carbocycles. The van der Waals surface area contributed by atoms with Gasteiger partial charge in [-0.05, 0) is 55.9 Å². The quantitative estimate of drug-likeness (QED) is 0.149. The molecule has 1 aromatic rings. The first kappa shape index (κ1) is 30.0. The lowest BCUT2D eigenvalue weighted by atomic mass is 9.96. The van der Waals surface area contributed by atoms with Crippen molar-refractivity contribution >= 4 is 10.1 Å². The van der Waals surface area contributed by atoms with Crippen LogP contribution in [0.2, 0.25) is 0 Å². The predicted octanol–water partition coefficient (Wildman–Crippen LogP) is 8.67. The van der Waals surface area contributed by atoms with Gasteiger partial charge in [0.25, 0.3) is 0 Å². The topological polar surface area (TPSA) is 63.6 Å².